The second-order valence-corrected chi connectivity index (χ2v) is 5.18. The third-order valence-corrected chi connectivity index (χ3v) is 3.87. The van der Waals surface area contributed by atoms with Crippen LogP contribution >= 0.6 is 0 Å². The predicted octanol–water partition coefficient (Wildman–Crippen LogP) is 2.44. The standard InChI is InChI=1S/C14H24N2O/c1-11-6-7-14(17-11)10-16-9-13-5-3-2-4-12(13)8-15/h6-7,12-13,16H,2-5,8-10,15H2,1H3. The van der Waals surface area contributed by atoms with Crippen molar-refractivity contribution in [2.24, 2.45) is 17.6 Å². The van der Waals surface area contributed by atoms with Crippen LogP contribution in [0.3, 0.4) is 0 Å². The van der Waals surface area contributed by atoms with Crippen molar-refractivity contribution in [3.8, 4) is 0 Å². The van der Waals surface area contributed by atoms with Crippen molar-refractivity contribution in [3.63, 3.8) is 0 Å². The molecule has 1 aliphatic carbocycles. The first-order valence-corrected chi connectivity index (χ1v) is 6.75. The Hall–Kier alpha value is -0.800. The lowest BCUT2D eigenvalue weighted by atomic mass is 9.79. The lowest BCUT2D eigenvalue weighted by molar-refractivity contribution is 0.234. The summed E-state index contributed by atoms with van der Waals surface area (Å²) in [6.45, 7) is 4.73. The summed E-state index contributed by atoms with van der Waals surface area (Å²) in [5, 5.41) is 3.50. The van der Waals surface area contributed by atoms with Crippen molar-refractivity contribution in [2.45, 2.75) is 39.2 Å². The van der Waals surface area contributed by atoms with E-state index in [4.69, 9.17) is 10.2 Å². The second-order valence-electron chi connectivity index (χ2n) is 5.18. The van der Waals surface area contributed by atoms with Crippen LogP contribution in [0.2, 0.25) is 0 Å². The fraction of sp³-hybridized carbons (Fsp3) is 0.714. The molecular formula is C14H24N2O. The number of rotatable bonds is 5. The zero-order chi connectivity index (χ0) is 12.1. The number of hydrogen-bond donors (Lipinski definition) is 2. The van der Waals surface area contributed by atoms with Crippen LogP contribution in [0.25, 0.3) is 0 Å². The average Bonchev–Trinajstić information content (AvgIpc) is 2.76. The first-order valence-electron chi connectivity index (χ1n) is 6.75. The molecule has 0 saturated heterocycles. The van der Waals surface area contributed by atoms with Gasteiger partial charge in [-0.15, -0.1) is 0 Å². The molecule has 2 rings (SSSR count). The second kappa shape index (κ2) is 6.22. The minimum absolute atomic E-state index is 0.717. The highest BCUT2D eigenvalue weighted by Crippen LogP contribution is 2.28. The Morgan fingerprint density at radius 3 is 2.71 bits per heavy atom. The topological polar surface area (TPSA) is 51.2 Å². The van der Waals surface area contributed by atoms with E-state index in [1.807, 2.05) is 19.1 Å². The molecule has 2 atom stereocenters. The van der Waals surface area contributed by atoms with E-state index in [1.54, 1.807) is 0 Å². The van der Waals surface area contributed by atoms with Gasteiger partial charge in [-0.05, 0) is 56.8 Å². The minimum atomic E-state index is 0.717. The number of aryl methyl sites for hydroxylation is 1. The molecule has 1 heterocycles. The maximum absolute atomic E-state index is 5.83. The van der Waals surface area contributed by atoms with Crippen molar-refractivity contribution in [3.05, 3.63) is 23.7 Å². The van der Waals surface area contributed by atoms with Gasteiger partial charge < -0.3 is 15.5 Å². The van der Waals surface area contributed by atoms with E-state index in [9.17, 15) is 0 Å². The number of furan rings is 1. The van der Waals surface area contributed by atoms with Crippen LogP contribution in [-0.2, 0) is 6.54 Å². The molecule has 3 nitrogen and oxygen atoms in total. The SMILES string of the molecule is Cc1ccc(CNCC2CCCCC2CN)o1. The van der Waals surface area contributed by atoms with Crippen molar-refractivity contribution in [2.75, 3.05) is 13.1 Å². The monoisotopic (exact) mass is 236 g/mol. The summed E-state index contributed by atoms with van der Waals surface area (Å²) in [6, 6.07) is 4.06. The van der Waals surface area contributed by atoms with E-state index in [2.05, 4.69) is 5.32 Å². The first-order chi connectivity index (χ1) is 8.29. The van der Waals surface area contributed by atoms with Crippen molar-refractivity contribution < 1.29 is 4.42 Å². The van der Waals surface area contributed by atoms with Gasteiger partial charge in [-0.1, -0.05) is 12.8 Å². The highest BCUT2D eigenvalue weighted by Gasteiger charge is 2.23. The molecule has 96 valence electrons. The third kappa shape index (κ3) is 3.58. The quantitative estimate of drug-likeness (QED) is 0.825. The molecule has 0 amide bonds. The van der Waals surface area contributed by atoms with Gasteiger partial charge in [-0.25, -0.2) is 0 Å². The molecule has 0 aromatic carbocycles. The van der Waals surface area contributed by atoms with Crippen LogP contribution in [0, 0.1) is 18.8 Å². The molecule has 2 unspecified atom stereocenters. The number of hydrogen-bond acceptors (Lipinski definition) is 3. The smallest absolute Gasteiger partial charge is 0.117 e. The molecule has 1 saturated carbocycles. The highest BCUT2D eigenvalue weighted by molar-refractivity contribution is 5.05. The van der Waals surface area contributed by atoms with Crippen molar-refractivity contribution in [1.29, 1.82) is 0 Å². The Kier molecular flexibility index (Phi) is 4.63. The summed E-state index contributed by atoms with van der Waals surface area (Å²) < 4.78 is 5.54. The zero-order valence-corrected chi connectivity index (χ0v) is 10.7. The molecular weight excluding hydrogens is 212 g/mol. The maximum Gasteiger partial charge on any atom is 0.117 e. The molecule has 0 bridgehead atoms. The van der Waals surface area contributed by atoms with Crippen LogP contribution in [-0.4, -0.2) is 13.1 Å². The largest absolute Gasteiger partial charge is 0.465 e. The van der Waals surface area contributed by atoms with Gasteiger partial charge in [0.1, 0.15) is 11.5 Å². The van der Waals surface area contributed by atoms with E-state index < -0.39 is 0 Å². The normalized spacial score (nSPS) is 25.1. The van der Waals surface area contributed by atoms with E-state index in [0.717, 1.165) is 43.0 Å². The van der Waals surface area contributed by atoms with E-state index >= 15 is 0 Å². The molecule has 17 heavy (non-hydrogen) atoms. The molecule has 1 fully saturated rings. The Balaban J connectivity index is 1.73. The van der Waals surface area contributed by atoms with Crippen LogP contribution < -0.4 is 11.1 Å². The number of nitrogens with one attached hydrogen (secondary N) is 1. The molecule has 0 radical (unpaired) electrons. The van der Waals surface area contributed by atoms with Crippen LogP contribution in [0.1, 0.15) is 37.2 Å². The summed E-state index contributed by atoms with van der Waals surface area (Å²) in [5.74, 6) is 3.49. The fourth-order valence-corrected chi connectivity index (χ4v) is 2.82. The fourth-order valence-electron chi connectivity index (χ4n) is 2.82. The van der Waals surface area contributed by atoms with E-state index in [1.165, 1.54) is 25.7 Å². The lowest BCUT2D eigenvalue weighted by Gasteiger charge is -2.30. The first kappa shape index (κ1) is 12.7. The summed E-state index contributed by atoms with van der Waals surface area (Å²) in [5.41, 5.74) is 5.83. The number of nitrogens with two attached hydrogens (primary N) is 1. The van der Waals surface area contributed by atoms with Gasteiger partial charge in [0, 0.05) is 0 Å². The van der Waals surface area contributed by atoms with Crippen LogP contribution in [0.4, 0.5) is 0 Å². The van der Waals surface area contributed by atoms with Gasteiger partial charge in [0.05, 0.1) is 6.54 Å². The Morgan fingerprint density at radius 1 is 1.29 bits per heavy atom. The van der Waals surface area contributed by atoms with Gasteiger partial charge >= 0.3 is 0 Å². The summed E-state index contributed by atoms with van der Waals surface area (Å²) in [4.78, 5) is 0. The molecule has 1 aromatic heterocycles. The lowest BCUT2D eigenvalue weighted by Crippen LogP contribution is -2.34. The summed E-state index contributed by atoms with van der Waals surface area (Å²) >= 11 is 0. The average molecular weight is 236 g/mol. The Morgan fingerprint density at radius 2 is 2.06 bits per heavy atom. The molecule has 3 N–H and O–H groups in total. The molecule has 1 aliphatic rings. The predicted molar refractivity (Wildman–Crippen MR) is 69.7 cm³/mol. The molecule has 3 heteroatoms. The van der Waals surface area contributed by atoms with Crippen molar-refractivity contribution in [1.82, 2.24) is 5.32 Å². The van der Waals surface area contributed by atoms with Crippen LogP contribution in [0.15, 0.2) is 16.5 Å². The van der Waals surface area contributed by atoms with E-state index in [-0.39, 0.29) is 0 Å². The van der Waals surface area contributed by atoms with Gasteiger partial charge in [0.2, 0.25) is 0 Å². The van der Waals surface area contributed by atoms with Gasteiger partial charge in [-0.3, -0.25) is 0 Å². The molecule has 0 spiro atoms. The Labute approximate surface area is 104 Å². The van der Waals surface area contributed by atoms with Gasteiger partial charge in [-0.2, -0.15) is 0 Å². The Bertz CT molecular complexity index is 335. The molecule has 0 aliphatic heterocycles. The van der Waals surface area contributed by atoms with Crippen LogP contribution in [0.5, 0.6) is 0 Å². The summed E-state index contributed by atoms with van der Waals surface area (Å²) in [7, 11) is 0. The highest BCUT2D eigenvalue weighted by atomic mass is 16.3. The van der Waals surface area contributed by atoms with E-state index in [0.29, 0.717) is 0 Å². The third-order valence-electron chi connectivity index (χ3n) is 3.87. The molecule has 1 aromatic rings. The maximum atomic E-state index is 5.83. The zero-order valence-electron chi connectivity index (χ0n) is 10.7. The summed E-state index contributed by atoms with van der Waals surface area (Å²) in [6.07, 6.45) is 5.35. The van der Waals surface area contributed by atoms with Crippen molar-refractivity contribution >= 4 is 0 Å². The minimum Gasteiger partial charge on any atom is -0.465 e. The van der Waals surface area contributed by atoms with Gasteiger partial charge in [0.15, 0.2) is 0 Å². The van der Waals surface area contributed by atoms with Gasteiger partial charge in [0.25, 0.3) is 0 Å².